The highest BCUT2D eigenvalue weighted by Crippen LogP contribution is 2.22. The van der Waals surface area contributed by atoms with E-state index in [0.29, 0.717) is 16.7 Å². The molecule has 0 saturated carbocycles. The summed E-state index contributed by atoms with van der Waals surface area (Å²) in [6.07, 6.45) is 5.20. The minimum atomic E-state index is -0.336. The fourth-order valence-corrected chi connectivity index (χ4v) is 2.48. The molecule has 0 fully saturated rings. The van der Waals surface area contributed by atoms with Crippen molar-refractivity contribution in [1.29, 1.82) is 0 Å². The molecule has 0 saturated heterocycles. The average Bonchev–Trinajstić information content (AvgIpc) is 2.59. The number of thioether (sulfide) groups is 1. The van der Waals surface area contributed by atoms with E-state index in [1.807, 2.05) is 18.4 Å². The highest BCUT2D eigenvalue weighted by atomic mass is 32.2. The molecule has 2 rings (SSSR count). The van der Waals surface area contributed by atoms with Crippen LogP contribution in [0.15, 0.2) is 64.6 Å². The van der Waals surface area contributed by atoms with Gasteiger partial charge in [0.05, 0.1) is 0 Å². The lowest BCUT2D eigenvalue weighted by Gasteiger charge is -2.08. The molecule has 0 aliphatic rings. The summed E-state index contributed by atoms with van der Waals surface area (Å²) in [5.41, 5.74) is 1.71. The second-order valence-electron chi connectivity index (χ2n) is 5.26. The maximum absolute atomic E-state index is 13.2. The fourth-order valence-electron chi connectivity index (χ4n) is 2.07. The molecule has 5 heteroatoms. The van der Waals surface area contributed by atoms with Gasteiger partial charge in [0, 0.05) is 36.3 Å². The molecule has 0 atom stereocenters. The second-order valence-corrected chi connectivity index (χ2v) is 6.14. The van der Waals surface area contributed by atoms with Crippen molar-refractivity contribution in [2.75, 3.05) is 20.4 Å². The Labute approximate surface area is 145 Å². The Bertz CT molecular complexity index is 750. The zero-order valence-electron chi connectivity index (χ0n) is 13.9. The quantitative estimate of drug-likeness (QED) is 0.257. The van der Waals surface area contributed by atoms with Gasteiger partial charge in [0.2, 0.25) is 0 Å². The lowest BCUT2D eigenvalue weighted by molar-refractivity contribution is 0.105. The van der Waals surface area contributed by atoms with Gasteiger partial charge in [-0.25, -0.2) is 4.39 Å². The van der Waals surface area contributed by atoms with Gasteiger partial charge in [0.15, 0.2) is 5.78 Å². The number of hydrogen-bond acceptors (Lipinski definition) is 4. The van der Waals surface area contributed by atoms with Gasteiger partial charge in [-0.2, -0.15) is 5.10 Å². The van der Waals surface area contributed by atoms with Crippen molar-refractivity contribution in [2.45, 2.75) is 4.90 Å². The number of carbonyl (C=O) groups excluding carboxylic acids is 1. The number of hydrogen-bond donors (Lipinski definition) is 0. The van der Waals surface area contributed by atoms with Gasteiger partial charge in [-0.05, 0) is 54.3 Å². The van der Waals surface area contributed by atoms with E-state index < -0.39 is 0 Å². The molecule has 0 aliphatic heterocycles. The van der Waals surface area contributed by atoms with Crippen LogP contribution in [-0.2, 0) is 0 Å². The number of benzene rings is 2. The summed E-state index contributed by atoms with van der Waals surface area (Å²) >= 11 is 1.62. The first-order valence-corrected chi connectivity index (χ1v) is 8.60. The van der Waals surface area contributed by atoms with E-state index in [0.717, 1.165) is 4.90 Å². The first kappa shape index (κ1) is 17.9. The third kappa shape index (κ3) is 4.80. The predicted molar refractivity (Wildman–Crippen MR) is 99.1 cm³/mol. The number of allylic oxidation sites excluding steroid dienone is 2. The van der Waals surface area contributed by atoms with Crippen LogP contribution in [0.5, 0.6) is 0 Å². The molecule has 24 heavy (non-hydrogen) atoms. The molecule has 0 aromatic heterocycles. The van der Waals surface area contributed by atoms with E-state index in [2.05, 4.69) is 5.10 Å². The van der Waals surface area contributed by atoms with E-state index in [1.165, 1.54) is 12.1 Å². The Morgan fingerprint density at radius 3 is 2.17 bits per heavy atom. The van der Waals surface area contributed by atoms with Crippen LogP contribution in [0.2, 0.25) is 0 Å². The van der Waals surface area contributed by atoms with Crippen molar-refractivity contribution in [3.05, 3.63) is 71.6 Å². The zero-order valence-corrected chi connectivity index (χ0v) is 14.7. The van der Waals surface area contributed by atoms with Crippen molar-refractivity contribution in [1.82, 2.24) is 5.01 Å². The SMILES string of the molecule is CSc1ccc(C(=O)C(=CC=NN(C)C)c2ccc(F)cc2)cc1. The lowest BCUT2D eigenvalue weighted by Crippen LogP contribution is -2.05. The summed E-state index contributed by atoms with van der Waals surface area (Å²) in [5.74, 6) is -0.462. The van der Waals surface area contributed by atoms with Crippen molar-refractivity contribution < 1.29 is 9.18 Å². The van der Waals surface area contributed by atoms with E-state index in [4.69, 9.17) is 0 Å². The summed E-state index contributed by atoms with van der Waals surface area (Å²) in [6, 6.07) is 13.3. The Morgan fingerprint density at radius 2 is 1.62 bits per heavy atom. The van der Waals surface area contributed by atoms with Crippen molar-refractivity contribution in [3.63, 3.8) is 0 Å². The molecule has 124 valence electrons. The monoisotopic (exact) mass is 342 g/mol. The Balaban J connectivity index is 2.40. The molecule has 2 aromatic carbocycles. The van der Waals surface area contributed by atoms with Crippen LogP contribution in [-0.4, -0.2) is 37.4 Å². The number of hydrazone groups is 1. The Hall–Kier alpha value is -2.40. The van der Waals surface area contributed by atoms with Gasteiger partial charge in [-0.1, -0.05) is 12.1 Å². The summed E-state index contributed by atoms with van der Waals surface area (Å²) in [7, 11) is 3.59. The van der Waals surface area contributed by atoms with E-state index >= 15 is 0 Å². The minimum absolute atomic E-state index is 0.125. The molecule has 0 N–H and O–H groups in total. The largest absolute Gasteiger partial charge is 0.303 e. The predicted octanol–water partition coefficient (Wildman–Crippen LogP) is 4.36. The summed E-state index contributed by atoms with van der Waals surface area (Å²) < 4.78 is 13.2. The van der Waals surface area contributed by atoms with Crippen LogP contribution < -0.4 is 0 Å². The third-order valence-corrected chi connectivity index (χ3v) is 4.03. The molecule has 0 bridgehead atoms. The van der Waals surface area contributed by atoms with E-state index in [-0.39, 0.29) is 11.6 Å². The number of halogens is 1. The van der Waals surface area contributed by atoms with Gasteiger partial charge < -0.3 is 5.01 Å². The van der Waals surface area contributed by atoms with Gasteiger partial charge in [-0.3, -0.25) is 4.79 Å². The molecule has 3 nitrogen and oxygen atoms in total. The van der Waals surface area contributed by atoms with Crippen LogP contribution in [0, 0.1) is 5.82 Å². The fraction of sp³-hybridized carbons (Fsp3) is 0.158. The van der Waals surface area contributed by atoms with Gasteiger partial charge in [-0.15, -0.1) is 11.8 Å². The van der Waals surface area contributed by atoms with Crippen LogP contribution >= 0.6 is 11.8 Å². The minimum Gasteiger partial charge on any atom is -0.303 e. The van der Waals surface area contributed by atoms with Crippen molar-refractivity contribution in [3.8, 4) is 0 Å². The average molecular weight is 342 g/mol. The molecule has 0 heterocycles. The molecule has 0 unspecified atom stereocenters. The number of nitrogens with zero attached hydrogens (tertiary/aromatic N) is 2. The first-order chi connectivity index (χ1) is 11.5. The topological polar surface area (TPSA) is 32.7 Å². The van der Waals surface area contributed by atoms with Crippen LogP contribution in [0.3, 0.4) is 0 Å². The maximum atomic E-state index is 13.2. The zero-order chi connectivity index (χ0) is 17.5. The van der Waals surface area contributed by atoms with Crippen molar-refractivity contribution >= 4 is 29.3 Å². The Kier molecular flexibility index (Phi) is 6.32. The Morgan fingerprint density at radius 1 is 1.04 bits per heavy atom. The summed E-state index contributed by atoms with van der Waals surface area (Å²) in [5, 5.41) is 5.75. The molecule has 0 radical (unpaired) electrons. The third-order valence-electron chi connectivity index (χ3n) is 3.29. The normalized spacial score (nSPS) is 11.8. The molecule has 0 aliphatic carbocycles. The number of carbonyl (C=O) groups is 1. The molecule has 0 amide bonds. The number of ketones is 1. The van der Waals surface area contributed by atoms with Crippen LogP contribution in [0.25, 0.3) is 5.57 Å². The highest BCUT2D eigenvalue weighted by molar-refractivity contribution is 7.98. The van der Waals surface area contributed by atoms with Gasteiger partial charge in [0.25, 0.3) is 0 Å². The lowest BCUT2D eigenvalue weighted by atomic mass is 9.96. The summed E-state index contributed by atoms with van der Waals surface area (Å²) in [4.78, 5) is 14.0. The summed E-state index contributed by atoms with van der Waals surface area (Å²) in [6.45, 7) is 0. The second kappa shape index (κ2) is 8.45. The van der Waals surface area contributed by atoms with Crippen LogP contribution in [0.4, 0.5) is 4.39 Å². The molecular formula is C19H19FN2OS. The van der Waals surface area contributed by atoms with E-state index in [9.17, 15) is 9.18 Å². The van der Waals surface area contributed by atoms with E-state index in [1.54, 1.807) is 67.4 Å². The molecule has 2 aromatic rings. The molecular weight excluding hydrogens is 323 g/mol. The van der Waals surface area contributed by atoms with Gasteiger partial charge >= 0.3 is 0 Å². The standard InChI is InChI=1S/C19H19FN2OS/c1-22(2)21-13-12-18(14-4-8-16(20)9-5-14)19(23)15-6-10-17(24-3)11-7-15/h4-13H,1-3H3. The number of Topliss-reactive ketones (excluding diaryl/α,β-unsaturated/α-hetero) is 1. The maximum Gasteiger partial charge on any atom is 0.193 e. The highest BCUT2D eigenvalue weighted by Gasteiger charge is 2.14. The number of rotatable bonds is 6. The van der Waals surface area contributed by atoms with Crippen molar-refractivity contribution in [2.24, 2.45) is 5.10 Å². The molecule has 0 spiro atoms. The van der Waals surface area contributed by atoms with Crippen LogP contribution in [0.1, 0.15) is 15.9 Å². The first-order valence-electron chi connectivity index (χ1n) is 7.37. The van der Waals surface area contributed by atoms with Gasteiger partial charge in [0.1, 0.15) is 5.82 Å². The smallest absolute Gasteiger partial charge is 0.193 e.